The van der Waals surface area contributed by atoms with Crippen molar-refractivity contribution in [1.82, 2.24) is 0 Å². The number of hydrogen-bond donors (Lipinski definition) is 1. The quantitative estimate of drug-likeness (QED) is 0.846. The normalized spacial score (nSPS) is 9.58. The van der Waals surface area contributed by atoms with E-state index in [9.17, 15) is 4.79 Å². The molecular formula is C8H7Br2NO. The Bertz CT molecular complexity index is 312. The minimum Gasteiger partial charge on any atom is -0.325 e. The predicted octanol–water partition coefficient (Wildman–Crippen LogP) is 3.17. The van der Waals surface area contributed by atoms with E-state index in [0.717, 1.165) is 14.6 Å². The van der Waals surface area contributed by atoms with Crippen LogP contribution in [0.1, 0.15) is 6.92 Å². The van der Waals surface area contributed by atoms with Gasteiger partial charge in [0.2, 0.25) is 5.91 Å². The minimum absolute atomic E-state index is 0.0752. The van der Waals surface area contributed by atoms with Crippen molar-refractivity contribution < 1.29 is 4.79 Å². The fourth-order valence-electron chi connectivity index (χ4n) is 0.783. The van der Waals surface area contributed by atoms with Gasteiger partial charge < -0.3 is 5.32 Å². The van der Waals surface area contributed by atoms with E-state index in [0.29, 0.717) is 0 Å². The van der Waals surface area contributed by atoms with E-state index in [2.05, 4.69) is 37.2 Å². The summed E-state index contributed by atoms with van der Waals surface area (Å²) >= 11 is 6.64. The first-order valence-electron chi connectivity index (χ1n) is 3.32. The van der Waals surface area contributed by atoms with Gasteiger partial charge in [-0.2, -0.15) is 0 Å². The molecule has 2 nitrogen and oxygen atoms in total. The Kier molecular flexibility index (Phi) is 3.29. The summed E-state index contributed by atoms with van der Waals surface area (Å²) in [7, 11) is 0. The maximum Gasteiger partial charge on any atom is 0.221 e. The molecule has 0 spiro atoms. The van der Waals surface area contributed by atoms with Gasteiger partial charge in [0.15, 0.2) is 0 Å². The highest BCUT2D eigenvalue weighted by Crippen LogP contribution is 2.25. The van der Waals surface area contributed by atoms with Crippen LogP contribution in [0.15, 0.2) is 27.1 Å². The Labute approximate surface area is 87.6 Å². The van der Waals surface area contributed by atoms with E-state index in [4.69, 9.17) is 0 Å². The first kappa shape index (κ1) is 9.74. The number of carbonyl (C=O) groups excluding carboxylic acids is 1. The van der Waals surface area contributed by atoms with Crippen LogP contribution in [-0.4, -0.2) is 5.91 Å². The summed E-state index contributed by atoms with van der Waals surface area (Å²) in [4.78, 5) is 10.7. The fourth-order valence-corrected chi connectivity index (χ4v) is 1.49. The second-order valence-electron chi connectivity index (χ2n) is 2.31. The van der Waals surface area contributed by atoms with Crippen LogP contribution in [0.25, 0.3) is 0 Å². The van der Waals surface area contributed by atoms with Crippen molar-refractivity contribution in [2.45, 2.75) is 6.92 Å². The number of nitrogens with one attached hydrogen (secondary N) is 1. The van der Waals surface area contributed by atoms with Gasteiger partial charge >= 0.3 is 0 Å². The molecule has 0 radical (unpaired) electrons. The zero-order valence-electron chi connectivity index (χ0n) is 6.40. The predicted molar refractivity (Wildman–Crippen MR) is 56.1 cm³/mol. The topological polar surface area (TPSA) is 29.1 Å². The molecule has 0 saturated carbocycles. The van der Waals surface area contributed by atoms with Gasteiger partial charge in [0.1, 0.15) is 0 Å². The van der Waals surface area contributed by atoms with E-state index in [-0.39, 0.29) is 5.91 Å². The Balaban J connectivity index is 2.97. The Morgan fingerprint density at radius 2 is 2.08 bits per heavy atom. The SMILES string of the molecule is CC(=O)Nc1cc(Br)ccc1Br. The van der Waals surface area contributed by atoms with E-state index in [1.807, 2.05) is 18.2 Å². The summed E-state index contributed by atoms with van der Waals surface area (Å²) in [6, 6.07) is 5.61. The molecule has 0 fully saturated rings. The van der Waals surface area contributed by atoms with Crippen LogP contribution in [0.4, 0.5) is 5.69 Å². The van der Waals surface area contributed by atoms with Crippen molar-refractivity contribution in [1.29, 1.82) is 0 Å². The summed E-state index contributed by atoms with van der Waals surface area (Å²) in [5, 5.41) is 2.70. The van der Waals surface area contributed by atoms with E-state index >= 15 is 0 Å². The average Bonchev–Trinajstić information content (AvgIpc) is 1.96. The number of hydrogen-bond acceptors (Lipinski definition) is 1. The van der Waals surface area contributed by atoms with Crippen molar-refractivity contribution >= 4 is 43.5 Å². The first-order valence-corrected chi connectivity index (χ1v) is 4.91. The molecule has 0 saturated heterocycles. The first-order chi connectivity index (χ1) is 5.59. The molecular weight excluding hydrogens is 286 g/mol. The van der Waals surface area contributed by atoms with Crippen LogP contribution in [0.5, 0.6) is 0 Å². The van der Waals surface area contributed by atoms with Crippen molar-refractivity contribution in [3.63, 3.8) is 0 Å². The zero-order chi connectivity index (χ0) is 9.14. The van der Waals surface area contributed by atoms with Gasteiger partial charge in [-0.15, -0.1) is 0 Å². The monoisotopic (exact) mass is 291 g/mol. The highest BCUT2D eigenvalue weighted by Gasteiger charge is 2.01. The summed E-state index contributed by atoms with van der Waals surface area (Å²) in [5.74, 6) is -0.0752. The number of halogens is 2. The summed E-state index contributed by atoms with van der Waals surface area (Å²) in [6.07, 6.45) is 0. The van der Waals surface area contributed by atoms with Gasteiger partial charge in [0, 0.05) is 15.9 Å². The second-order valence-corrected chi connectivity index (χ2v) is 4.08. The lowest BCUT2D eigenvalue weighted by Crippen LogP contribution is -2.06. The number of benzene rings is 1. The van der Waals surface area contributed by atoms with Crippen LogP contribution in [0.2, 0.25) is 0 Å². The molecule has 1 aromatic rings. The highest BCUT2D eigenvalue weighted by atomic mass is 79.9. The molecule has 0 aliphatic carbocycles. The molecule has 4 heteroatoms. The molecule has 1 N–H and O–H groups in total. The molecule has 0 aromatic heterocycles. The van der Waals surface area contributed by atoms with E-state index in [1.165, 1.54) is 6.92 Å². The van der Waals surface area contributed by atoms with Gasteiger partial charge in [-0.1, -0.05) is 15.9 Å². The van der Waals surface area contributed by atoms with Gasteiger partial charge in [0.05, 0.1) is 5.69 Å². The Morgan fingerprint density at radius 1 is 1.42 bits per heavy atom. The summed E-state index contributed by atoms with van der Waals surface area (Å²) < 4.78 is 1.82. The summed E-state index contributed by atoms with van der Waals surface area (Å²) in [6.45, 7) is 1.48. The largest absolute Gasteiger partial charge is 0.325 e. The molecule has 0 aliphatic rings. The van der Waals surface area contributed by atoms with Crippen LogP contribution in [-0.2, 0) is 4.79 Å². The van der Waals surface area contributed by atoms with Crippen LogP contribution in [0.3, 0.4) is 0 Å². The maximum atomic E-state index is 10.7. The molecule has 0 atom stereocenters. The minimum atomic E-state index is -0.0752. The van der Waals surface area contributed by atoms with Gasteiger partial charge in [-0.25, -0.2) is 0 Å². The molecule has 1 amide bonds. The molecule has 0 bridgehead atoms. The maximum absolute atomic E-state index is 10.7. The van der Waals surface area contributed by atoms with Gasteiger partial charge in [0.25, 0.3) is 0 Å². The number of amides is 1. The average molecular weight is 293 g/mol. The van der Waals surface area contributed by atoms with Crippen molar-refractivity contribution in [3.8, 4) is 0 Å². The molecule has 1 rings (SSSR count). The van der Waals surface area contributed by atoms with Crippen molar-refractivity contribution in [2.75, 3.05) is 5.32 Å². The number of rotatable bonds is 1. The smallest absolute Gasteiger partial charge is 0.221 e. The summed E-state index contributed by atoms with van der Waals surface area (Å²) in [5.41, 5.74) is 0.775. The van der Waals surface area contributed by atoms with Gasteiger partial charge in [-0.3, -0.25) is 4.79 Å². The number of anilines is 1. The molecule has 12 heavy (non-hydrogen) atoms. The lowest BCUT2D eigenvalue weighted by atomic mass is 10.3. The number of carbonyl (C=O) groups is 1. The Morgan fingerprint density at radius 3 is 2.67 bits per heavy atom. The standard InChI is InChI=1S/C8H7Br2NO/c1-5(12)11-8-4-6(9)2-3-7(8)10/h2-4H,1H3,(H,11,12). The molecule has 64 valence electrons. The third kappa shape index (κ3) is 2.60. The third-order valence-corrected chi connectivity index (χ3v) is 2.42. The van der Waals surface area contributed by atoms with Crippen molar-refractivity contribution in [2.24, 2.45) is 0 Å². The van der Waals surface area contributed by atoms with E-state index in [1.54, 1.807) is 0 Å². The van der Waals surface area contributed by atoms with Crippen LogP contribution in [0, 0.1) is 0 Å². The van der Waals surface area contributed by atoms with Gasteiger partial charge in [-0.05, 0) is 34.1 Å². The fraction of sp³-hybridized carbons (Fsp3) is 0.125. The van der Waals surface area contributed by atoms with E-state index < -0.39 is 0 Å². The van der Waals surface area contributed by atoms with Crippen LogP contribution >= 0.6 is 31.9 Å². The lowest BCUT2D eigenvalue weighted by molar-refractivity contribution is -0.114. The molecule has 1 aromatic carbocycles. The Hall–Kier alpha value is -0.350. The third-order valence-electron chi connectivity index (χ3n) is 1.24. The lowest BCUT2D eigenvalue weighted by Gasteiger charge is -2.04. The molecule has 0 aliphatic heterocycles. The highest BCUT2D eigenvalue weighted by molar-refractivity contribution is 9.11. The zero-order valence-corrected chi connectivity index (χ0v) is 9.57. The molecule has 0 unspecified atom stereocenters. The van der Waals surface area contributed by atoms with Crippen LogP contribution < -0.4 is 5.32 Å². The van der Waals surface area contributed by atoms with Crippen molar-refractivity contribution in [3.05, 3.63) is 27.1 Å². The molecule has 0 heterocycles. The second kappa shape index (κ2) is 4.05.